The zero-order valence-electron chi connectivity index (χ0n) is 25.8. The standard InChI is InChI=1S/C28H33ClN2O.C9H14ClN/c1-3-20-7-5-8-27-21(4-2)19-30(28(20)27)15-6-16-31-23-11-12-24(31)18-26(17-23)32-25-13-9-22(29)10-14-25;1-3-9(10)7-5-4-6-8-11-2/h4-5,7-10,13-14,19,23-24,26H,2-3,6,11-12,15-18H2,1H3;3-5,7,11H,1,6,8H2,2H3/b;5-4-,9-7+. The molecule has 2 aliphatic heterocycles. The summed E-state index contributed by atoms with van der Waals surface area (Å²) >= 11 is 11.7. The van der Waals surface area contributed by atoms with E-state index < -0.39 is 0 Å². The van der Waals surface area contributed by atoms with Gasteiger partial charge in [-0.25, -0.2) is 0 Å². The van der Waals surface area contributed by atoms with E-state index in [0.717, 1.165) is 49.5 Å². The van der Waals surface area contributed by atoms with E-state index >= 15 is 0 Å². The first-order valence-electron chi connectivity index (χ1n) is 15.7. The number of aryl methyl sites for hydroxylation is 2. The third kappa shape index (κ3) is 9.12. The number of fused-ring (bicyclic) bond motifs is 3. The molecule has 2 atom stereocenters. The van der Waals surface area contributed by atoms with Crippen molar-refractivity contribution in [3.05, 3.63) is 107 Å². The van der Waals surface area contributed by atoms with Crippen LogP contribution in [0.3, 0.4) is 0 Å². The molecule has 6 heteroatoms. The fourth-order valence-corrected chi connectivity index (χ4v) is 6.66. The number of halogens is 2. The van der Waals surface area contributed by atoms with Gasteiger partial charge in [-0.1, -0.05) is 85.8 Å². The van der Waals surface area contributed by atoms with E-state index in [1.807, 2.05) is 49.5 Å². The Labute approximate surface area is 268 Å². The first-order valence-corrected chi connectivity index (χ1v) is 16.4. The highest BCUT2D eigenvalue weighted by Crippen LogP contribution is 2.37. The molecule has 0 saturated carbocycles. The highest BCUT2D eigenvalue weighted by atomic mass is 35.5. The largest absolute Gasteiger partial charge is 0.490 e. The number of hydrogen-bond acceptors (Lipinski definition) is 3. The maximum absolute atomic E-state index is 6.30. The summed E-state index contributed by atoms with van der Waals surface area (Å²) in [6, 6.07) is 15.8. The molecule has 230 valence electrons. The molecule has 2 saturated heterocycles. The summed E-state index contributed by atoms with van der Waals surface area (Å²) in [7, 11) is 1.93. The smallest absolute Gasteiger partial charge is 0.119 e. The van der Waals surface area contributed by atoms with Crippen LogP contribution in [0.2, 0.25) is 5.02 Å². The number of nitrogens with one attached hydrogen (secondary N) is 1. The third-order valence-electron chi connectivity index (χ3n) is 8.53. The summed E-state index contributed by atoms with van der Waals surface area (Å²) in [6.45, 7) is 13.0. The summed E-state index contributed by atoms with van der Waals surface area (Å²) in [5, 5.41) is 5.81. The molecule has 2 unspecified atom stereocenters. The Balaban J connectivity index is 0.000000330. The SMILES string of the molecule is C=C/C(Cl)=C\C=C/CCNC.C=Cc1cn(CCCN2C3CCC2CC(Oc2ccc(Cl)cc2)C3)c2c(CC)cccc12. The molecule has 0 amide bonds. The number of hydrogen-bond donors (Lipinski definition) is 1. The van der Waals surface area contributed by atoms with E-state index in [2.05, 4.69) is 65.3 Å². The minimum Gasteiger partial charge on any atom is -0.490 e. The summed E-state index contributed by atoms with van der Waals surface area (Å²) < 4.78 is 8.77. The van der Waals surface area contributed by atoms with Gasteiger partial charge in [0.25, 0.3) is 0 Å². The van der Waals surface area contributed by atoms with Crippen molar-refractivity contribution in [2.24, 2.45) is 0 Å². The van der Waals surface area contributed by atoms with Crippen molar-refractivity contribution < 1.29 is 4.74 Å². The van der Waals surface area contributed by atoms with Crippen LogP contribution in [-0.2, 0) is 13.0 Å². The van der Waals surface area contributed by atoms with Crippen molar-refractivity contribution in [2.75, 3.05) is 20.1 Å². The molecule has 5 rings (SSSR count). The van der Waals surface area contributed by atoms with Crippen LogP contribution in [0.4, 0.5) is 0 Å². The van der Waals surface area contributed by atoms with E-state index in [-0.39, 0.29) is 0 Å². The lowest BCUT2D eigenvalue weighted by Gasteiger charge is -2.39. The van der Waals surface area contributed by atoms with Gasteiger partial charge in [-0.05, 0) is 100 Å². The summed E-state index contributed by atoms with van der Waals surface area (Å²) in [5.74, 6) is 0.941. The van der Waals surface area contributed by atoms with E-state index in [0.29, 0.717) is 23.2 Å². The van der Waals surface area contributed by atoms with Gasteiger partial charge in [0.15, 0.2) is 0 Å². The highest BCUT2D eigenvalue weighted by molar-refractivity contribution is 6.31. The van der Waals surface area contributed by atoms with E-state index in [1.165, 1.54) is 47.8 Å². The van der Waals surface area contributed by atoms with Crippen molar-refractivity contribution in [1.29, 1.82) is 0 Å². The predicted molar refractivity (Wildman–Crippen MR) is 186 cm³/mol. The third-order valence-corrected chi connectivity index (χ3v) is 9.07. The van der Waals surface area contributed by atoms with Crippen LogP contribution in [-0.4, -0.2) is 47.8 Å². The number of rotatable bonds is 13. The second kappa shape index (κ2) is 16.9. The number of allylic oxidation sites excluding steroid dienone is 4. The van der Waals surface area contributed by atoms with Crippen molar-refractivity contribution in [1.82, 2.24) is 14.8 Å². The lowest BCUT2D eigenvalue weighted by molar-refractivity contribution is 0.0482. The topological polar surface area (TPSA) is 29.4 Å². The van der Waals surface area contributed by atoms with Crippen LogP contribution in [0.25, 0.3) is 17.0 Å². The van der Waals surface area contributed by atoms with Gasteiger partial charge >= 0.3 is 0 Å². The van der Waals surface area contributed by atoms with Gasteiger partial charge in [-0.2, -0.15) is 0 Å². The molecule has 0 radical (unpaired) electrons. The first kappa shape index (κ1) is 33.1. The predicted octanol–water partition coefficient (Wildman–Crippen LogP) is 9.43. The second-order valence-corrected chi connectivity index (χ2v) is 12.2. The Morgan fingerprint density at radius 2 is 1.81 bits per heavy atom. The minimum atomic E-state index is 0.320. The lowest BCUT2D eigenvalue weighted by atomic mass is 9.99. The normalized spacial score (nSPS) is 20.3. The van der Waals surface area contributed by atoms with E-state index in [1.54, 1.807) is 6.08 Å². The zero-order valence-corrected chi connectivity index (χ0v) is 27.3. The van der Waals surface area contributed by atoms with E-state index in [4.69, 9.17) is 27.9 Å². The van der Waals surface area contributed by atoms with Crippen LogP contribution in [0.1, 0.15) is 56.6 Å². The molecule has 2 aromatic carbocycles. The molecule has 3 heterocycles. The number of nitrogens with zero attached hydrogens (tertiary/aromatic N) is 2. The van der Waals surface area contributed by atoms with Crippen molar-refractivity contribution >= 4 is 40.2 Å². The molecule has 3 aromatic rings. The highest BCUT2D eigenvalue weighted by Gasteiger charge is 2.41. The number of benzene rings is 2. The van der Waals surface area contributed by atoms with Crippen LogP contribution in [0.15, 0.2) is 91.2 Å². The molecular weight excluding hydrogens is 573 g/mol. The number of piperidine rings is 1. The Bertz CT molecular complexity index is 1380. The fourth-order valence-electron chi connectivity index (χ4n) is 6.46. The maximum atomic E-state index is 6.30. The number of para-hydroxylation sites is 1. The molecule has 1 N–H and O–H groups in total. The Kier molecular flexibility index (Phi) is 13.0. The molecule has 2 fully saturated rings. The zero-order chi connectivity index (χ0) is 30.6. The lowest BCUT2D eigenvalue weighted by Crippen LogP contribution is -2.46. The molecule has 2 bridgehead atoms. The Morgan fingerprint density at radius 3 is 2.47 bits per heavy atom. The molecule has 1 aromatic heterocycles. The van der Waals surface area contributed by atoms with Gasteiger partial charge in [0.05, 0.1) is 5.52 Å². The van der Waals surface area contributed by atoms with Gasteiger partial charge in [0, 0.05) is 46.8 Å². The number of ether oxygens (including phenoxy) is 1. The van der Waals surface area contributed by atoms with Crippen molar-refractivity contribution in [3.8, 4) is 5.75 Å². The molecule has 0 aliphatic carbocycles. The molecule has 0 spiro atoms. The Morgan fingerprint density at radius 1 is 1.07 bits per heavy atom. The molecule has 4 nitrogen and oxygen atoms in total. The molecule has 2 aliphatic rings. The maximum Gasteiger partial charge on any atom is 0.119 e. The van der Waals surface area contributed by atoms with Gasteiger partial charge in [0.2, 0.25) is 0 Å². The summed E-state index contributed by atoms with van der Waals surface area (Å²) in [4.78, 5) is 2.77. The summed E-state index contributed by atoms with van der Waals surface area (Å²) in [5.41, 5.74) is 4.06. The minimum absolute atomic E-state index is 0.320. The molecular formula is C37H47Cl2N3O. The summed E-state index contributed by atoms with van der Waals surface area (Å²) in [6.07, 6.45) is 20.2. The first-order chi connectivity index (χ1) is 21.0. The van der Waals surface area contributed by atoms with E-state index in [9.17, 15) is 0 Å². The molecule has 43 heavy (non-hydrogen) atoms. The van der Waals surface area contributed by atoms with Gasteiger partial charge in [-0.3, -0.25) is 4.90 Å². The van der Waals surface area contributed by atoms with Crippen LogP contribution in [0, 0.1) is 0 Å². The Hall–Kier alpha value is -2.76. The van der Waals surface area contributed by atoms with Crippen molar-refractivity contribution in [3.63, 3.8) is 0 Å². The van der Waals surface area contributed by atoms with Crippen LogP contribution >= 0.6 is 23.2 Å². The number of aromatic nitrogens is 1. The average Bonchev–Trinajstić information content (AvgIpc) is 3.50. The van der Waals surface area contributed by atoms with Gasteiger partial charge in [0.1, 0.15) is 11.9 Å². The van der Waals surface area contributed by atoms with Gasteiger partial charge in [-0.15, -0.1) is 0 Å². The van der Waals surface area contributed by atoms with Crippen LogP contribution < -0.4 is 10.1 Å². The van der Waals surface area contributed by atoms with Crippen molar-refractivity contribution in [2.45, 2.75) is 76.6 Å². The average molecular weight is 621 g/mol. The fraction of sp³-hybridized carbons (Fsp3) is 0.405. The van der Waals surface area contributed by atoms with Gasteiger partial charge < -0.3 is 14.6 Å². The monoisotopic (exact) mass is 619 g/mol. The quantitative estimate of drug-likeness (QED) is 0.153. The van der Waals surface area contributed by atoms with Crippen LogP contribution in [0.5, 0.6) is 5.75 Å². The second-order valence-electron chi connectivity index (χ2n) is 11.4.